The molecule has 2 aromatic rings. The fourth-order valence-corrected chi connectivity index (χ4v) is 5.03. The van der Waals surface area contributed by atoms with Crippen LogP contribution in [-0.4, -0.2) is 79.5 Å². The van der Waals surface area contributed by atoms with E-state index in [1.807, 2.05) is 47.9 Å². The number of methoxy groups -OCH3 is 1. The van der Waals surface area contributed by atoms with E-state index in [0.29, 0.717) is 37.7 Å². The van der Waals surface area contributed by atoms with E-state index in [1.165, 1.54) is 4.88 Å². The van der Waals surface area contributed by atoms with Crippen LogP contribution in [0.5, 0.6) is 11.5 Å². The summed E-state index contributed by atoms with van der Waals surface area (Å²) in [7, 11) is 1.62. The Hall–Kier alpha value is -2.39. The first-order valence-corrected chi connectivity index (χ1v) is 12.5. The van der Waals surface area contributed by atoms with Gasteiger partial charge in [0.05, 0.1) is 38.5 Å². The molecule has 2 heterocycles. The van der Waals surface area contributed by atoms with Gasteiger partial charge in [-0.15, -0.1) is 17.9 Å². The number of hydrogen-bond acceptors (Lipinski definition) is 7. The molecule has 8 heteroatoms. The molecule has 0 saturated carbocycles. The van der Waals surface area contributed by atoms with Gasteiger partial charge in [0.1, 0.15) is 6.61 Å². The first-order chi connectivity index (χ1) is 16.4. The van der Waals surface area contributed by atoms with Crippen LogP contribution < -0.4 is 9.47 Å². The predicted molar refractivity (Wildman–Crippen MR) is 135 cm³/mol. The van der Waals surface area contributed by atoms with Crippen molar-refractivity contribution in [3.05, 3.63) is 58.8 Å². The average molecular weight is 489 g/mol. The highest BCUT2D eigenvalue weighted by molar-refractivity contribution is 7.10. The number of nitrogens with zero attached hydrogens (tertiary/aromatic N) is 2. The summed E-state index contributed by atoms with van der Waals surface area (Å²) in [4.78, 5) is 18.6. The maximum atomic E-state index is 13.5. The monoisotopic (exact) mass is 488 g/mol. The van der Waals surface area contributed by atoms with Crippen LogP contribution in [0.2, 0.25) is 0 Å². The Morgan fingerprint density at radius 2 is 2.09 bits per heavy atom. The van der Waals surface area contributed by atoms with E-state index >= 15 is 0 Å². The summed E-state index contributed by atoms with van der Waals surface area (Å²) in [6.45, 7) is 9.90. The molecule has 3 rings (SSSR count). The molecule has 1 aliphatic heterocycles. The Kier molecular flexibility index (Phi) is 9.95. The van der Waals surface area contributed by atoms with Crippen LogP contribution >= 0.6 is 11.3 Å². The van der Waals surface area contributed by atoms with Crippen molar-refractivity contribution in [2.24, 2.45) is 0 Å². The van der Waals surface area contributed by atoms with Crippen LogP contribution in [0.15, 0.2) is 48.4 Å². The Morgan fingerprint density at radius 1 is 1.32 bits per heavy atom. The van der Waals surface area contributed by atoms with Crippen LogP contribution in [0, 0.1) is 0 Å². The summed E-state index contributed by atoms with van der Waals surface area (Å²) in [5.41, 5.74) is 1.14. The first kappa shape index (κ1) is 26.2. The minimum atomic E-state index is -0.676. The zero-order chi connectivity index (χ0) is 24.5. The van der Waals surface area contributed by atoms with Gasteiger partial charge in [-0.2, -0.15) is 0 Å². The molecule has 186 valence electrons. The van der Waals surface area contributed by atoms with E-state index in [-0.39, 0.29) is 31.2 Å². The van der Waals surface area contributed by atoms with Crippen molar-refractivity contribution in [2.45, 2.75) is 38.5 Å². The number of carbonyl (C=O) groups is 1. The number of carbonyl (C=O) groups excluding carboxylic acids is 1. The second-order valence-corrected chi connectivity index (χ2v) is 9.63. The van der Waals surface area contributed by atoms with Gasteiger partial charge in [-0.3, -0.25) is 9.69 Å². The van der Waals surface area contributed by atoms with Crippen molar-refractivity contribution in [3.63, 3.8) is 0 Å². The van der Waals surface area contributed by atoms with Crippen molar-refractivity contribution in [1.82, 2.24) is 9.80 Å². The molecule has 2 unspecified atom stereocenters. The summed E-state index contributed by atoms with van der Waals surface area (Å²) in [6.07, 6.45) is 1.94. The van der Waals surface area contributed by atoms with Gasteiger partial charge in [-0.05, 0) is 49.4 Å². The second kappa shape index (κ2) is 12.9. The second-order valence-electron chi connectivity index (χ2n) is 8.63. The minimum Gasteiger partial charge on any atom is -0.493 e. The first-order valence-electron chi connectivity index (χ1n) is 11.7. The summed E-state index contributed by atoms with van der Waals surface area (Å²) < 4.78 is 17.1. The molecular formula is C26H36N2O5S. The molecule has 0 aliphatic carbocycles. The Morgan fingerprint density at radius 3 is 2.79 bits per heavy atom. The fourth-order valence-electron chi connectivity index (χ4n) is 4.10. The molecule has 0 fully saturated rings. The number of hydrogen-bond donors (Lipinski definition) is 1. The molecule has 1 aliphatic rings. The molecule has 1 aromatic heterocycles. The normalized spacial score (nSPS) is 16.4. The molecule has 0 spiro atoms. The van der Waals surface area contributed by atoms with E-state index in [1.54, 1.807) is 24.5 Å². The number of amides is 1. The van der Waals surface area contributed by atoms with Gasteiger partial charge in [0, 0.05) is 24.5 Å². The molecular weight excluding hydrogens is 452 g/mol. The van der Waals surface area contributed by atoms with Gasteiger partial charge in [-0.25, -0.2) is 0 Å². The lowest BCUT2D eigenvalue weighted by Crippen LogP contribution is -2.48. The lowest BCUT2D eigenvalue weighted by molar-refractivity contribution is -0.136. The quantitative estimate of drug-likeness (QED) is 0.435. The zero-order valence-corrected chi connectivity index (χ0v) is 21.1. The highest BCUT2D eigenvalue weighted by Crippen LogP contribution is 2.35. The number of aliphatic hydroxyl groups is 1. The van der Waals surface area contributed by atoms with Gasteiger partial charge in [0.15, 0.2) is 11.5 Å². The third-order valence-electron chi connectivity index (χ3n) is 5.72. The highest BCUT2D eigenvalue weighted by atomic mass is 32.1. The van der Waals surface area contributed by atoms with Crippen LogP contribution in [-0.2, 0) is 16.0 Å². The van der Waals surface area contributed by atoms with Gasteiger partial charge in [0.25, 0.3) is 0 Å². The van der Waals surface area contributed by atoms with Crippen LogP contribution in [0.3, 0.4) is 0 Å². The van der Waals surface area contributed by atoms with Crippen LogP contribution in [0.1, 0.15) is 30.3 Å². The van der Waals surface area contributed by atoms with Crippen molar-refractivity contribution >= 4 is 17.2 Å². The van der Waals surface area contributed by atoms with Crippen molar-refractivity contribution in [3.8, 4) is 11.5 Å². The molecule has 2 atom stereocenters. The smallest absolute Gasteiger partial charge is 0.237 e. The molecule has 1 amide bonds. The van der Waals surface area contributed by atoms with Crippen LogP contribution in [0.25, 0.3) is 0 Å². The lowest BCUT2D eigenvalue weighted by Gasteiger charge is -2.37. The van der Waals surface area contributed by atoms with E-state index in [4.69, 9.17) is 14.2 Å². The number of aliphatic hydroxyl groups excluding tert-OH is 1. The average Bonchev–Trinajstić information content (AvgIpc) is 3.30. The molecule has 7 nitrogen and oxygen atoms in total. The third-order valence-corrected chi connectivity index (χ3v) is 6.71. The SMILES string of the molecule is C=CCN(CC(=O)N1CCc2sccc2C1COc1ccccc1OC)CC(O)COC(C)C. The zero-order valence-electron chi connectivity index (χ0n) is 20.3. The number of ether oxygens (including phenoxy) is 3. The maximum Gasteiger partial charge on any atom is 0.237 e. The summed E-state index contributed by atoms with van der Waals surface area (Å²) in [5.74, 6) is 1.32. The van der Waals surface area contributed by atoms with Gasteiger partial charge < -0.3 is 24.2 Å². The standard InChI is InChI=1S/C26H36N2O5S/c1-5-12-27(15-20(29)17-32-19(2)3)16-26(30)28-13-10-25-21(11-14-34-25)22(28)18-33-24-9-7-6-8-23(24)31-4/h5-9,11,14,19-20,22,29H,1,10,12-13,15-18H2,2-4H3. The van der Waals surface area contributed by atoms with E-state index < -0.39 is 6.10 Å². The minimum absolute atomic E-state index is 0.00399. The van der Waals surface area contributed by atoms with Crippen LogP contribution in [0.4, 0.5) is 0 Å². The molecule has 1 aromatic carbocycles. The number of rotatable bonds is 13. The van der Waals surface area contributed by atoms with E-state index in [2.05, 4.69) is 18.0 Å². The van der Waals surface area contributed by atoms with E-state index in [9.17, 15) is 9.90 Å². The molecule has 34 heavy (non-hydrogen) atoms. The predicted octanol–water partition coefficient (Wildman–Crippen LogP) is 3.54. The molecule has 1 N–H and O–H groups in total. The fraction of sp³-hybridized carbons (Fsp3) is 0.500. The molecule has 0 bridgehead atoms. The Bertz CT molecular complexity index is 931. The summed E-state index contributed by atoms with van der Waals surface area (Å²) in [5, 5.41) is 12.4. The van der Waals surface area contributed by atoms with Gasteiger partial charge >= 0.3 is 0 Å². The van der Waals surface area contributed by atoms with E-state index in [0.717, 1.165) is 12.0 Å². The molecule has 0 radical (unpaired) electrons. The van der Waals surface area contributed by atoms with Crippen molar-refractivity contribution in [2.75, 3.05) is 46.5 Å². The molecule has 0 saturated heterocycles. The number of para-hydroxylation sites is 2. The largest absolute Gasteiger partial charge is 0.493 e. The maximum absolute atomic E-state index is 13.5. The Labute approximate surface area is 206 Å². The number of benzene rings is 1. The van der Waals surface area contributed by atoms with Crippen molar-refractivity contribution < 1.29 is 24.1 Å². The highest BCUT2D eigenvalue weighted by Gasteiger charge is 2.33. The topological polar surface area (TPSA) is 71.5 Å². The number of thiophene rings is 1. The Balaban J connectivity index is 1.70. The number of fused-ring (bicyclic) bond motifs is 1. The third kappa shape index (κ3) is 7.06. The van der Waals surface area contributed by atoms with Gasteiger partial charge in [0.2, 0.25) is 5.91 Å². The summed E-state index contributed by atoms with van der Waals surface area (Å²) >= 11 is 1.72. The van der Waals surface area contributed by atoms with Crippen molar-refractivity contribution in [1.29, 1.82) is 0 Å². The van der Waals surface area contributed by atoms with Gasteiger partial charge in [-0.1, -0.05) is 18.2 Å². The lowest BCUT2D eigenvalue weighted by atomic mass is 10.0. The summed E-state index contributed by atoms with van der Waals surface area (Å²) in [6, 6.07) is 9.43.